The van der Waals surface area contributed by atoms with E-state index < -0.39 is 5.97 Å². The van der Waals surface area contributed by atoms with Gasteiger partial charge in [-0.1, -0.05) is 6.92 Å². The molecular formula is C9H12O2S2. The smallest absolute Gasteiger partial charge is 0.345 e. The van der Waals surface area contributed by atoms with E-state index in [1.54, 1.807) is 6.07 Å². The number of carboxylic acids is 1. The van der Waals surface area contributed by atoms with Gasteiger partial charge >= 0.3 is 5.97 Å². The van der Waals surface area contributed by atoms with Gasteiger partial charge in [-0.15, -0.1) is 11.3 Å². The topological polar surface area (TPSA) is 37.3 Å². The third kappa shape index (κ3) is 3.40. The van der Waals surface area contributed by atoms with Crippen LogP contribution in [0.25, 0.3) is 0 Å². The lowest BCUT2D eigenvalue weighted by molar-refractivity contribution is 0.0702. The highest BCUT2D eigenvalue weighted by Crippen LogP contribution is 2.21. The molecule has 1 rings (SSSR count). The number of hydrogen-bond acceptors (Lipinski definition) is 3. The summed E-state index contributed by atoms with van der Waals surface area (Å²) < 4.78 is 0. The highest BCUT2D eigenvalue weighted by atomic mass is 32.2. The highest BCUT2D eigenvalue weighted by Gasteiger charge is 2.05. The first-order valence-electron chi connectivity index (χ1n) is 4.13. The van der Waals surface area contributed by atoms with E-state index in [0.717, 1.165) is 16.4 Å². The second kappa shape index (κ2) is 5.29. The molecule has 72 valence electrons. The SMILES string of the molecule is CCCSCc1ccc(C(=O)O)s1. The van der Waals surface area contributed by atoms with Gasteiger partial charge in [0.05, 0.1) is 0 Å². The third-order valence-electron chi connectivity index (χ3n) is 1.47. The molecule has 4 heteroatoms. The maximum atomic E-state index is 10.5. The number of rotatable bonds is 5. The van der Waals surface area contributed by atoms with E-state index in [2.05, 4.69) is 6.92 Å². The Morgan fingerprint density at radius 1 is 1.62 bits per heavy atom. The molecule has 0 aliphatic carbocycles. The summed E-state index contributed by atoms with van der Waals surface area (Å²) in [4.78, 5) is 12.1. The predicted molar refractivity (Wildman–Crippen MR) is 57.7 cm³/mol. The Bertz CT molecular complexity index is 281. The van der Waals surface area contributed by atoms with Crippen molar-refractivity contribution in [2.45, 2.75) is 19.1 Å². The van der Waals surface area contributed by atoms with Crippen molar-refractivity contribution in [3.8, 4) is 0 Å². The molecule has 1 aromatic rings. The lowest BCUT2D eigenvalue weighted by Crippen LogP contribution is -1.89. The first kappa shape index (κ1) is 10.6. The molecule has 0 fully saturated rings. The average molecular weight is 216 g/mol. The second-order valence-electron chi connectivity index (χ2n) is 2.62. The van der Waals surface area contributed by atoms with E-state index in [4.69, 9.17) is 5.11 Å². The number of carbonyl (C=O) groups is 1. The van der Waals surface area contributed by atoms with Gasteiger partial charge in [-0.05, 0) is 24.3 Å². The van der Waals surface area contributed by atoms with Gasteiger partial charge in [-0.25, -0.2) is 4.79 Å². The van der Waals surface area contributed by atoms with Gasteiger partial charge in [-0.3, -0.25) is 0 Å². The van der Waals surface area contributed by atoms with Gasteiger partial charge in [0.25, 0.3) is 0 Å². The zero-order chi connectivity index (χ0) is 9.68. The van der Waals surface area contributed by atoms with E-state index >= 15 is 0 Å². The number of carboxylic acid groups (broad SMARTS) is 1. The Balaban J connectivity index is 2.44. The number of thioether (sulfide) groups is 1. The van der Waals surface area contributed by atoms with Crippen LogP contribution in [0.15, 0.2) is 12.1 Å². The van der Waals surface area contributed by atoms with Crippen molar-refractivity contribution < 1.29 is 9.90 Å². The van der Waals surface area contributed by atoms with Gasteiger partial charge in [0.1, 0.15) is 4.88 Å². The monoisotopic (exact) mass is 216 g/mol. The molecule has 0 bridgehead atoms. The van der Waals surface area contributed by atoms with Crippen molar-refractivity contribution in [2.24, 2.45) is 0 Å². The van der Waals surface area contributed by atoms with Crippen molar-refractivity contribution in [1.29, 1.82) is 0 Å². The summed E-state index contributed by atoms with van der Waals surface area (Å²) in [7, 11) is 0. The van der Waals surface area contributed by atoms with E-state index in [-0.39, 0.29) is 0 Å². The molecule has 0 aliphatic rings. The van der Waals surface area contributed by atoms with Crippen LogP contribution < -0.4 is 0 Å². The van der Waals surface area contributed by atoms with E-state index in [9.17, 15) is 4.79 Å². The number of thiophene rings is 1. The molecule has 13 heavy (non-hydrogen) atoms. The molecule has 0 amide bonds. The maximum absolute atomic E-state index is 10.5. The lowest BCUT2D eigenvalue weighted by atomic mass is 10.4. The molecular weight excluding hydrogens is 204 g/mol. The van der Waals surface area contributed by atoms with Gasteiger partial charge in [0.2, 0.25) is 0 Å². The Hall–Kier alpha value is -0.480. The summed E-state index contributed by atoms with van der Waals surface area (Å²) in [5.41, 5.74) is 0. The fourth-order valence-electron chi connectivity index (χ4n) is 0.888. The van der Waals surface area contributed by atoms with Crippen LogP contribution in [0.2, 0.25) is 0 Å². The van der Waals surface area contributed by atoms with Gasteiger partial charge in [0.15, 0.2) is 0 Å². The van der Waals surface area contributed by atoms with Crippen LogP contribution in [0.4, 0.5) is 0 Å². The second-order valence-corrected chi connectivity index (χ2v) is 4.90. The normalized spacial score (nSPS) is 10.2. The molecule has 0 saturated carbocycles. The first-order chi connectivity index (χ1) is 6.24. The fourth-order valence-corrected chi connectivity index (χ4v) is 2.75. The van der Waals surface area contributed by atoms with Crippen LogP contribution in [-0.4, -0.2) is 16.8 Å². The van der Waals surface area contributed by atoms with Gasteiger partial charge in [0, 0.05) is 10.6 Å². The molecule has 0 aliphatic heterocycles. The number of hydrogen-bond donors (Lipinski definition) is 1. The molecule has 0 aromatic carbocycles. The summed E-state index contributed by atoms with van der Waals surface area (Å²) in [6.45, 7) is 2.14. The van der Waals surface area contributed by atoms with Gasteiger partial charge < -0.3 is 5.11 Å². The predicted octanol–water partition coefficient (Wildman–Crippen LogP) is 3.09. The molecule has 1 aromatic heterocycles. The maximum Gasteiger partial charge on any atom is 0.345 e. The molecule has 0 atom stereocenters. The minimum atomic E-state index is -0.822. The molecule has 0 radical (unpaired) electrons. The summed E-state index contributed by atoms with van der Waals surface area (Å²) in [5.74, 6) is 1.25. The van der Waals surface area contributed by atoms with E-state index in [1.807, 2.05) is 17.8 Å². The first-order valence-corrected chi connectivity index (χ1v) is 6.11. The van der Waals surface area contributed by atoms with Crippen molar-refractivity contribution in [3.63, 3.8) is 0 Å². The van der Waals surface area contributed by atoms with E-state index in [1.165, 1.54) is 17.8 Å². The zero-order valence-electron chi connectivity index (χ0n) is 7.45. The zero-order valence-corrected chi connectivity index (χ0v) is 9.08. The summed E-state index contributed by atoms with van der Waals surface area (Å²) >= 11 is 3.22. The van der Waals surface area contributed by atoms with Crippen LogP contribution in [0.3, 0.4) is 0 Å². The molecule has 0 spiro atoms. The molecule has 2 nitrogen and oxygen atoms in total. The summed E-state index contributed by atoms with van der Waals surface area (Å²) in [6.07, 6.45) is 1.17. The van der Waals surface area contributed by atoms with Crippen LogP contribution in [0, 0.1) is 0 Å². The van der Waals surface area contributed by atoms with Crippen molar-refractivity contribution in [2.75, 3.05) is 5.75 Å². The quantitative estimate of drug-likeness (QED) is 0.768. The Morgan fingerprint density at radius 3 is 2.92 bits per heavy atom. The largest absolute Gasteiger partial charge is 0.477 e. The van der Waals surface area contributed by atoms with Gasteiger partial charge in [-0.2, -0.15) is 11.8 Å². The lowest BCUT2D eigenvalue weighted by Gasteiger charge is -1.94. The van der Waals surface area contributed by atoms with Crippen molar-refractivity contribution in [3.05, 3.63) is 21.9 Å². The minimum absolute atomic E-state index is 0.437. The number of aromatic carboxylic acids is 1. The van der Waals surface area contributed by atoms with Crippen LogP contribution in [0.1, 0.15) is 27.9 Å². The third-order valence-corrected chi connectivity index (χ3v) is 3.93. The molecule has 1 heterocycles. The Morgan fingerprint density at radius 2 is 2.38 bits per heavy atom. The average Bonchev–Trinajstić information content (AvgIpc) is 2.53. The minimum Gasteiger partial charge on any atom is -0.477 e. The Labute approximate surface area is 86.0 Å². The van der Waals surface area contributed by atoms with E-state index in [0.29, 0.717) is 4.88 Å². The van der Waals surface area contributed by atoms with Crippen LogP contribution in [0.5, 0.6) is 0 Å². The highest BCUT2D eigenvalue weighted by molar-refractivity contribution is 7.98. The summed E-state index contributed by atoms with van der Waals surface area (Å²) in [5, 5.41) is 8.67. The van der Waals surface area contributed by atoms with Crippen LogP contribution >= 0.6 is 23.1 Å². The van der Waals surface area contributed by atoms with Crippen LogP contribution in [-0.2, 0) is 5.75 Å². The fraction of sp³-hybridized carbons (Fsp3) is 0.444. The molecule has 0 saturated heterocycles. The standard InChI is InChI=1S/C9H12O2S2/c1-2-5-12-6-7-3-4-8(13-7)9(10)11/h3-4H,2,5-6H2,1H3,(H,10,11). The summed E-state index contributed by atoms with van der Waals surface area (Å²) in [6, 6.07) is 3.58. The van der Waals surface area contributed by atoms with Crippen molar-refractivity contribution in [1.82, 2.24) is 0 Å². The molecule has 0 unspecified atom stereocenters. The molecule has 1 N–H and O–H groups in total. The van der Waals surface area contributed by atoms with Crippen molar-refractivity contribution >= 4 is 29.1 Å². The Kier molecular flexibility index (Phi) is 4.32.